The van der Waals surface area contributed by atoms with E-state index in [4.69, 9.17) is 13.9 Å². The Morgan fingerprint density at radius 1 is 1.00 bits per heavy atom. The number of aryl methyl sites for hydroxylation is 1. The number of ether oxygens (including phenoxy) is 2. The minimum atomic E-state index is 0.241. The van der Waals surface area contributed by atoms with E-state index in [9.17, 15) is 0 Å². The molecule has 1 heterocycles. The molecule has 0 unspecified atom stereocenters. The Kier molecular flexibility index (Phi) is 2.83. The summed E-state index contributed by atoms with van der Waals surface area (Å²) in [7, 11) is 1.62. The number of oxazole rings is 1. The highest BCUT2D eigenvalue weighted by Gasteiger charge is 2.08. The average Bonchev–Trinajstić information content (AvgIpc) is 2.81. The quantitative estimate of drug-likeness (QED) is 0.711. The number of rotatable bonds is 3. The first kappa shape index (κ1) is 11.6. The summed E-state index contributed by atoms with van der Waals surface area (Å²) >= 11 is 0. The minimum Gasteiger partial charge on any atom is -0.497 e. The van der Waals surface area contributed by atoms with Crippen molar-refractivity contribution in [1.82, 2.24) is 4.98 Å². The molecule has 3 aromatic rings. The van der Waals surface area contributed by atoms with E-state index in [1.165, 1.54) is 0 Å². The van der Waals surface area contributed by atoms with E-state index in [0.717, 1.165) is 22.4 Å². The number of hydrogen-bond acceptors (Lipinski definition) is 4. The summed E-state index contributed by atoms with van der Waals surface area (Å²) in [6.07, 6.45) is 0.241. The van der Waals surface area contributed by atoms with Gasteiger partial charge in [-0.15, -0.1) is 0 Å². The van der Waals surface area contributed by atoms with Gasteiger partial charge in [-0.25, -0.2) is 0 Å². The van der Waals surface area contributed by atoms with Crippen LogP contribution in [0.5, 0.6) is 17.6 Å². The molecule has 0 aliphatic heterocycles. The molecular weight excluding hydrogens is 242 g/mol. The normalized spacial score (nSPS) is 10.6. The largest absolute Gasteiger partial charge is 0.497 e. The van der Waals surface area contributed by atoms with Gasteiger partial charge in [0, 0.05) is 0 Å². The standard InChI is InChI=1S/C15H13NO3/c1-10-3-8-13-14(9-10)19-15(16-13)18-12-6-4-11(17-2)5-7-12/h3-9H,1-2H3. The van der Waals surface area contributed by atoms with Crippen LogP contribution >= 0.6 is 0 Å². The van der Waals surface area contributed by atoms with E-state index < -0.39 is 0 Å². The molecule has 4 nitrogen and oxygen atoms in total. The molecule has 0 saturated heterocycles. The van der Waals surface area contributed by atoms with Gasteiger partial charge in [0.2, 0.25) is 0 Å². The molecule has 3 rings (SSSR count). The molecule has 96 valence electrons. The number of hydrogen-bond donors (Lipinski definition) is 0. The first-order chi connectivity index (χ1) is 9.24. The molecule has 2 aromatic carbocycles. The molecule has 0 aliphatic carbocycles. The van der Waals surface area contributed by atoms with E-state index in [1.807, 2.05) is 37.3 Å². The van der Waals surface area contributed by atoms with Crippen LogP contribution in [-0.4, -0.2) is 12.1 Å². The van der Waals surface area contributed by atoms with Gasteiger partial charge in [-0.3, -0.25) is 0 Å². The highest BCUT2D eigenvalue weighted by atomic mass is 16.6. The van der Waals surface area contributed by atoms with Crippen molar-refractivity contribution in [2.45, 2.75) is 6.92 Å². The van der Waals surface area contributed by atoms with Crippen LogP contribution in [0.25, 0.3) is 11.1 Å². The summed E-state index contributed by atoms with van der Waals surface area (Å²) in [5.41, 5.74) is 2.64. The molecule has 0 N–H and O–H groups in total. The predicted molar refractivity (Wildman–Crippen MR) is 71.8 cm³/mol. The maximum atomic E-state index is 5.57. The van der Waals surface area contributed by atoms with Crippen LogP contribution in [0.4, 0.5) is 0 Å². The number of nitrogens with zero attached hydrogens (tertiary/aromatic N) is 1. The molecule has 4 heteroatoms. The monoisotopic (exact) mass is 255 g/mol. The van der Waals surface area contributed by atoms with Crippen molar-refractivity contribution in [3.8, 4) is 17.6 Å². The van der Waals surface area contributed by atoms with E-state index in [2.05, 4.69) is 4.98 Å². The zero-order chi connectivity index (χ0) is 13.2. The first-order valence-electron chi connectivity index (χ1n) is 5.94. The third-order valence-electron chi connectivity index (χ3n) is 2.79. The maximum absolute atomic E-state index is 5.57. The lowest BCUT2D eigenvalue weighted by Gasteiger charge is -2.02. The average molecular weight is 255 g/mol. The fourth-order valence-electron chi connectivity index (χ4n) is 1.80. The molecule has 1 aromatic heterocycles. The van der Waals surface area contributed by atoms with Crippen LogP contribution in [0.2, 0.25) is 0 Å². The molecule has 0 fully saturated rings. The van der Waals surface area contributed by atoms with Crippen molar-refractivity contribution in [3.05, 3.63) is 48.0 Å². The highest BCUT2D eigenvalue weighted by Crippen LogP contribution is 2.27. The van der Waals surface area contributed by atoms with Crippen molar-refractivity contribution in [2.75, 3.05) is 7.11 Å². The molecule has 0 radical (unpaired) electrons. The second-order valence-electron chi connectivity index (χ2n) is 4.23. The second-order valence-corrected chi connectivity index (χ2v) is 4.23. The third-order valence-corrected chi connectivity index (χ3v) is 2.79. The molecule has 0 amide bonds. The van der Waals surface area contributed by atoms with Gasteiger partial charge >= 0.3 is 6.08 Å². The van der Waals surface area contributed by atoms with Gasteiger partial charge in [-0.2, -0.15) is 4.98 Å². The lowest BCUT2D eigenvalue weighted by molar-refractivity contribution is 0.342. The van der Waals surface area contributed by atoms with Gasteiger partial charge < -0.3 is 13.9 Å². The number of aromatic nitrogens is 1. The fraction of sp³-hybridized carbons (Fsp3) is 0.133. The van der Waals surface area contributed by atoms with E-state index >= 15 is 0 Å². The Labute approximate surface area is 110 Å². The van der Waals surface area contributed by atoms with Crippen LogP contribution < -0.4 is 9.47 Å². The van der Waals surface area contributed by atoms with Gasteiger partial charge in [-0.1, -0.05) is 6.07 Å². The summed E-state index contributed by atoms with van der Waals surface area (Å²) < 4.78 is 16.2. The minimum absolute atomic E-state index is 0.241. The zero-order valence-electron chi connectivity index (χ0n) is 10.7. The van der Waals surface area contributed by atoms with Gasteiger partial charge in [0.1, 0.15) is 17.0 Å². The SMILES string of the molecule is COc1ccc(Oc2nc3ccc(C)cc3o2)cc1. The highest BCUT2D eigenvalue weighted by molar-refractivity contribution is 5.73. The second kappa shape index (κ2) is 4.65. The zero-order valence-corrected chi connectivity index (χ0v) is 10.7. The van der Waals surface area contributed by atoms with Crippen molar-refractivity contribution < 1.29 is 13.9 Å². The van der Waals surface area contributed by atoms with E-state index in [-0.39, 0.29) is 6.08 Å². The molecule has 19 heavy (non-hydrogen) atoms. The molecule has 0 saturated carbocycles. The number of methoxy groups -OCH3 is 1. The van der Waals surface area contributed by atoms with Crippen LogP contribution in [-0.2, 0) is 0 Å². The Morgan fingerprint density at radius 3 is 2.47 bits per heavy atom. The summed E-state index contributed by atoms with van der Waals surface area (Å²) in [5, 5.41) is 0. The van der Waals surface area contributed by atoms with Gasteiger partial charge in [0.15, 0.2) is 5.58 Å². The molecular formula is C15H13NO3. The van der Waals surface area contributed by atoms with Gasteiger partial charge in [0.05, 0.1) is 7.11 Å². The summed E-state index contributed by atoms with van der Waals surface area (Å²) in [6, 6.07) is 13.1. The number of benzene rings is 2. The maximum Gasteiger partial charge on any atom is 0.400 e. The van der Waals surface area contributed by atoms with E-state index in [1.54, 1.807) is 19.2 Å². The lowest BCUT2D eigenvalue weighted by Crippen LogP contribution is -1.85. The number of fused-ring (bicyclic) bond motifs is 1. The molecule has 0 spiro atoms. The third kappa shape index (κ3) is 2.38. The van der Waals surface area contributed by atoms with E-state index in [0.29, 0.717) is 5.75 Å². The van der Waals surface area contributed by atoms with Crippen molar-refractivity contribution in [2.24, 2.45) is 0 Å². The lowest BCUT2D eigenvalue weighted by atomic mass is 10.2. The Bertz CT molecular complexity index is 701. The van der Waals surface area contributed by atoms with Gasteiger partial charge in [0.25, 0.3) is 0 Å². The first-order valence-corrected chi connectivity index (χ1v) is 5.94. The molecule has 0 atom stereocenters. The fourth-order valence-corrected chi connectivity index (χ4v) is 1.80. The molecule has 0 bridgehead atoms. The summed E-state index contributed by atoms with van der Waals surface area (Å²) in [4.78, 5) is 4.27. The Balaban J connectivity index is 1.87. The van der Waals surface area contributed by atoms with Gasteiger partial charge in [-0.05, 0) is 48.9 Å². The smallest absolute Gasteiger partial charge is 0.400 e. The molecule has 0 aliphatic rings. The van der Waals surface area contributed by atoms with Crippen molar-refractivity contribution >= 4 is 11.1 Å². The topological polar surface area (TPSA) is 44.5 Å². The van der Waals surface area contributed by atoms with Crippen LogP contribution in [0.15, 0.2) is 46.9 Å². The Hall–Kier alpha value is -2.49. The van der Waals surface area contributed by atoms with Crippen LogP contribution in [0.3, 0.4) is 0 Å². The van der Waals surface area contributed by atoms with Crippen molar-refractivity contribution in [3.63, 3.8) is 0 Å². The van der Waals surface area contributed by atoms with Crippen LogP contribution in [0.1, 0.15) is 5.56 Å². The Morgan fingerprint density at radius 2 is 1.74 bits per heavy atom. The summed E-state index contributed by atoms with van der Waals surface area (Å²) in [6.45, 7) is 2.01. The summed E-state index contributed by atoms with van der Waals surface area (Å²) in [5.74, 6) is 1.43. The van der Waals surface area contributed by atoms with Crippen molar-refractivity contribution in [1.29, 1.82) is 0 Å². The van der Waals surface area contributed by atoms with Crippen LogP contribution in [0, 0.1) is 6.92 Å². The predicted octanol–water partition coefficient (Wildman–Crippen LogP) is 3.94.